The molecule has 19 unspecified atom stereocenters. The van der Waals surface area contributed by atoms with Crippen LogP contribution in [0.4, 0.5) is 0 Å². The molecule has 5 saturated carbocycles. The van der Waals surface area contributed by atoms with Crippen molar-refractivity contribution in [2.45, 2.75) is 185 Å². The minimum absolute atomic E-state index is 0.00855. The number of esters is 1. The molecule has 1 aromatic carbocycles. The number of nitrogens with zero attached hydrogens (tertiary/aromatic N) is 1. The number of allylic oxidation sites excluding steroid dienone is 3. The van der Waals surface area contributed by atoms with Gasteiger partial charge in [0.25, 0.3) is 0 Å². The number of cyclic esters (lactones) is 1. The Kier molecular flexibility index (Phi) is 16.3. The maximum absolute atomic E-state index is 16.1. The zero-order valence-electron chi connectivity index (χ0n) is 48.0. The molecule has 11 rings (SSSR count). The quantitative estimate of drug-likeness (QED) is 0.0330. The second kappa shape index (κ2) is 22.9. The van der Waals surface area contributed by atoms with Gasteiger partial charge in [0.2, 0.25) is 0 Å². The average molecular weight is 1110 g/mol. The molecule has 15 heteroatoms. The first-order valence-corrected chi connectivity index (χ1v) is 31.1. The van der Waals surface area contributed by atoms with Gasteiger partial charge in [0.1, 0.15) is 5.75 Å². The Morgan fingerprint density at radius 1 is 0.914 bits per heavy atom. The fraction of sp³-hybridized carbons (Fsp3) is 0.697. The van der Waals surface area contributed by atoms with Gasteiger partial charge >= 0.3 is 5.97 Å². The van der Waals surface area contributed by atoms with E-state index in [2.05, 4.69) is 47.1 Å². The van der Waals surface area contributed by atoms with Crippen molar-refractivity contribution in [3.8, 4) is 17.6 Å². The van der Waals surface area contributed by atoms with Crippen LogP contribution in [-0.4, -0.2) is 108 Å². The molecule has 6 fully saturated rings. The molecule has 9 aliphatic rings. The van der Waals surface area contributed by atoms with Gasteiger partial charge in [-0.3, -0.25) is 19.4 Å². The number of aromatic nitrogens is 1. The fourth-order valence-corrected chi connectivity index (χ4v) is 19.6. The number of carbonyl (C=O) groups is 3. The van der Waals surface area contributed by atoms with E-state index in [-0.39, 0.29) is 129 Å². The second-order valence-corrected chi connectivity index (χ2v) is 27.5. The summed E-state index contributed by atoms with van der Waals surface area (Å²) in [4.78, 5) is 51.8. The third-order valence-corrected chi connectivity index (χ3v) is 23.2. The van der Waals surface area contributed by atoms with Crippen molar-refractivity contribution in [1.29, 1.82) is 0 Å². The van der Waals surface area contributed by atoms with E-state index < -0.39 is 69.9 Å². The van der Waals surface area contributed by atoms with Gasteiger partial charge in [-0.05, 0) is 191 Å². The van der Waals surface area contributed by atoms with Crippen LogP contribution in [0.1, 0.15) is 160 Å². The standard InChI is InChI=1S/C66H91N5O10/c1-37-12-16-40-17-21-47-38(2)29-55(76)63(3,79)60-42(9-7-8-41(30-49(47)48(40)28-37)50-36-81-61(78)56(50)43-23-26-69-34-43)32-66(80)57-51(22-24-64(60,66)25-27-70-62(67)68)65(44-10-5-4-6-11-44)33-54(75)53(74)31-52(65)59(77)58(57)71-35-46(73)20-15-39-13-18-45(72)19-14-39/h13-14,17-19,23,26,34,37-38,41-42,44,47-56,60,69,71-72,74-76,79-80H,4-6,9-12,15-16,20-22,24-25,27-33,35-36H2,1-3H3,(H4,67,68,70). The highest BCUT2D eigenvalue weighted by Crippen LogP contribution is 2.74. The summed E-state index contributed by atoms with van der Waals surface area (Å²) in [5, 5.41) is 78.5. The molecule has 0 amide bonds. The molecule has 81 heavy (non-hydrogen) atoms. The van der Waals surface area contributed by atoms with Gasteiger partial charge in [-0.2, -0.15) is 0 Å². The Morgan fingerprint density at radius 2 is 1.69 bits per heavy atom. The molecule has 0 bridgehead atoms. The molecule has 1 aliphatic heterocycles. The number of H-pyrrole nitrogens is 1. The number of benzene rings is 1. The molecule has 19 atom stereocenters. The summed E-state index contributed by atoms with van der Waals surface area (Å²) < 4.78 is 5.97. The summed E-state index contributed by atoms with van der Waals surface area (Å²) in [6, 6.07) is 8.68. The molecule has 1 saturated heterocycles. The van der Waals surface area contributed by atoms with E-state index in [0.29, 0.717) is 43.1 Å². The Bertz CT molecular complexity index is 2810. The van der Waals surface area contributed by atoms with Crippen LogP contribution in [0.15, 0.2) is 70.6 Å². The van der Waals surface area contributed by atoms with Gasteiger partial charge in [0.05, 0.1) is 54.3 Å². The Hall–Kier alpha value is -4.98. The summed E-state index contributed by atoms with van der Waals surface area (Å²) >= 11 is 0. The zero-order chi connectivity index (χ0) is 57.2. The number of hydrogen-bond donors (Lipinski definition) is 10. The number of rotatable bonds is 12. The van der Waals surface area contributed by atoms with Gasteiger partial charge in [0.15, 0.2) is 17.5 Å². The van der Waals surface area contributed by atoms with E-state index >= 15 is 4.79 Å². The van der Waals surface area contributed by atoms with Crippen molar-refractivity contribution in [2.24, 2.45) is 98.3 Å². The maximum atomic E-state index is 16.1. The Labute approximate surface area is 478 Å². The van der Waals surface area contributed by atoms with Gasteiger partial charge in [-0.15, -0.1) is 5.92 Å². The topological polar surface area (TPSA) is 274 Å². The highest BCUT2D eigenvalue weighted by atomic mass is 16.5. The lowest BCUT2D eigenvalue weighted by Crippen LogP contribution is -2.67. The zero-order valence-corrected chi connectivity index (χ0v) is 48.0. The van der Waals surface area contributed by atoms with E-state index in [4.69, 9.17) is 16.2 Å². The molecular weight excluding hydrogens is 1020 g/mol. The van der Waals surface area contributed by atoms with Crippen LogP contribution in [0.3, 0.4) is 0 Å². The van der Waals surface area contributed by atoms with Crippen molar-refractivity contribution in [2.75, 3.05) is 19.7 Å². The number of Topliss-reactive ketones (excluding diaryl/α,β-unsaturated/α-hetero) is 2. The number of aryl methyl sites for hydroxylation is 1. The molecule has 15 nitrogen and oxygen atoms in total. The molecule has 440 valence electrons. The minimum Gasteiger partial charge on any atom is -0.508 e. The number of aromatic amines is 1. The summed E-state index contributed by atoms with van der Waals surface area (Å²) in [7, 11) is 0. The number of phenols is 1. The van der Waals surface area contributed by atoms with Crippen LogP contribution in [0.5, 0.6) is 5.75 Å². The first-order valence-electron chi connectivity index (χ1n) is 31.1. The number of nitrogens with two attached hydrogens (primary N) is 2. The maximum Gasteiger partial charge on any atom is 0.313 e. The van der Waals surface area contributed by atoms with Crippen LogP contribution in [0, 0.1) is 93.7 Å². The SMILES string of the molecule is CC1CCC2=CCC3C(C)CC(O)C(C)(O)C4C(CC#CC(C5COC(=O)C5c5cc[nH]c5)CC3C2C1)CC1(O)C2=C(NCC(=O)CCc3ccc(O)cc3)C(=O)C3CC(O)C(O)CC3(C3CCCCC3)C2CCC41CCN=C(N)N. The number of guanidine groups is 1. The van der Waals surface area contributed by atoms with E-state index in [0.717, 1.165) is 75.3 Å². The summed E-state index contributed by atoms with van der Waals surface area (Å²) in [5.41, 5.74) is 10.4. The third-order valence-electron chi connectivity index (χ3n) is 23.2. The smallest absolute Gasteiger partial charge is 0.313 e. The van der Waals surface area contributed by atoms with Gasteiger partial charge in [-0.25, -0.2) is 0 Å². The number of ether oxygens (including phenoxy) is 1. The average Bonchev–Trinajstić information content (AvgIpc) is 1.94. The number of phenolic OH excluding ortho intramolecular Hbond substituents is 1. The van der Waals surface area contributed by atoms with E-state index in [1.54, 1.807) is 31.2 Å². The second-order valence-electron chi connectivity index (χ2n) is 27.5. The summed E-state index contributed by atoms with van der Waals surface area (Å²) in [6.45, 7) is 6.43. The number of ketones is 2. The van der Waals surface area contributed by atoms with Gasteiger partial charge in [-0.1, -0.05) is 62.8 Å². The Morgan fingerprint density at radius 3 is 2.43 bits per heavy atom. The molecule has 8 aliphatic carbocycles. The van der Waals surface area contributed by atoms with Crippen molar-refractivity contribution < 1.29 is 49.8 Å². The molecule has 2 aromatic rings. The van der Waals surface area contributed by atoms with E-state index in [1.165, 1.54) is 5.57 Å². The number of aliphatic imine (C=N–C) groups is 1. The monoisotopic (exact) mass is 1110 g/mol. The number of aromatic hydroxyl groups is 1. The normalized spacial score (nSPS) is 41.6. The largest absolute Gasteiger partial charge is 0.508 e. The number of aliphatic hydroxyl groups is 5. The van der Waals surface area contributed by atoms with Crippen molar-refractivity contribution in [3.05, 3.63) is 76.8 Å². The fourth-order valence-electron chi connectivity index (χ4n) is 19.6. The number of hydrogen-bond acceptors (Lipinski definition) is 12. The lowest BCUT2D eigenvalue weighted by molar-refractivity contribution is -0.198. The number of nitrogens with one attached hydrogen (secondary N) is 2. The highest BCUT2D eigenvalue weighted by molar-refractivity contribution is 6.00. The predicted molar refractivity (Wildman–Crippen MR) is 307 cm³/mol. The van der Waals surface area contributed by atoms with Crippen LogP contribution >= 0.6 is 0 Å². The highest BCUT2D eigenvalue weighted by Gasteiger charge is 2.75. The summed E-state index contributed by atoms with van der Waals surface area (Å²) in [6.07, 6.45) is 14.7. The van der Waals surface area contributed by atoms with Crippen LogP contribution in [0.2, 0.25) is 0 Å². The lowest BCUT2D eigenvalue weighted by Gasteiger charge is -2.65. The van der Waals surface area contributed by atoms with Crippen LogP contribution in [0.25, 0.3) is 0 Å². The van der Waals surface area contributed by atoms with Crippen molar-refractivity contribution in [1.82, 2.24) is 10.3 Å². The Balaban J connectivity index is 1.06. The minimum atomic E-state index is -1.85. The molecule has 0 spiro atoms. The third kappa shape index (κ3) is 10.3. The predicted octanol–water partition coefficient (Wildman–Crippen LogP) is 7.28. The van der Waals surface area contributed by atoms with Gasteiger partial charge < -0.3 is 57.1 Å². The van der Waals surface area contributed by atoms with Crippen LogP contribution in [-0.2, 0) is 25.5 Å². The number of carbonyl (C=O) groups excluding carboxylic acids is 3. The first kappa shape index (κ1) is 57.8. The molecule has 0 radical (unpaired) electrons. The van der Waals surface area contributed by atoms with E-state index in [1.807, 2.05) is 18.5 Å². The van der Waals surface area contributed by atoms with Crippen molar-refractivity contribution >= 4 is 23.5 Å². The molecule has 1 aromatic heterocycles. The van der Waals surface area contributed by atoms with Gasteiger partial charge in [0, 0.05) is 60.9 Å². The van der Waals surface area contributed by atoms with E-state index in [9.17, 15) is 40.2 Å². The van der Waals surface area contributed by atoms with Crippen LogP contribution < -0.4 is 16.8 Å². The number of aliphatic hydroxyl groups excluding tert-OH is 3. The molecular formula is C66H91N5O10. The molecule has 12 N–H and O–H groups in total. The summed E-state index contributed by atoms with van der Waals surface area (Å²) in [5.74, 6) is 4.60. The first-order chi connectivity index (χ1) is 38.8. The molecule has 2 heterocycles. The lowest BCUT2D eigenvalue weighted by atomic mass is 9.40. The van der Waals surface area contributed by atoms with Crippen molar-refractivity contribution in [3.63, 3.8) is 0 Å². The number of fused-ring (bicyclic) bond motifs is 10.